The highest BCUT2D eigenvalue weighted by molar-refractivity contribution is 5.92. The molecule has 0 atom stereocenters. The molecule has 1 saturated heterocycles. The molecular formula is C16H23F3N4O4. The molecule has 0 radical (unpaired) electrons. The SMILES string of the molecule is CN(C)C(=O)c1cnc2n1CCN(C1CCOCC1)C2.O=C(O)C(F)(F)F. The van der Waals surface area contributed by atoms with Crippen molar-refractivity contribution in [2.24, 2.45) is 0 Å². The Morgan fingerprint density at radius 1 is 1.26 bits per heavy atom. The van der Waals surface area contributed by atoms with Gasteiger partial charge in [0.25, 0.3) is 5.91 Å². The van der Waals surface area contributed by atoms with Gasteiger partial charge in [0.2, 0.25) is 0 Å². The van der Waals surface area contributed by atoms with Crippen LogP contribution in [-0.2, 0) is 22.6 Å². The van der Waals surface area contributed by atoms with Crippen molar-refractivity contribution in [1.29, 1.82) is 0 Å². The van der Waals surface area contributed by atoms with Gasteiger partial charge >= 0.3 is 12.1 Å². The van der Waals surface area contributed by atoms with Crippen molar-refractivity contribution in [3.8, 4) is 0 Å². The maximum atomic E-state index is 12.1. The topological polar surface area (TPSA) is 87.9 Å². The van der Waals surface area contributed by atoms with Gasteiger partial charge in [-0.05, 0) is 12.8 Å². The van der Waals surface area contributed by atoms with Crippen LogP contribution in [0, 0.1) is 0 Å². The standard InChI is InChI=1S/C14H22N4O2.C2HF3O2/c1-16(2)14(19)12-9-15-13-10-17(5-6-18(12)13)11-3-7-20-8-4-11;3-2(4,5)1(6)7/h9,11H,3-8,10H2,1-2H3;(H,6,7). The van der Waals surface area contributed by atoms with Crippen molar-refractivity contribution in [1.82, 2.24) is 19.4 Å². The van der Waals surface area contributed by atoms with E-state index in [0.29, 0.717) is 11.7 Å². The maximum absolute atomic E-state index is 12.1. The van der Waals surface area contributed by atoms with Crippen LogP contribution < -0.4 is 0 Å². The summed E-state index contributed by atoms with van der Waals surface area (Å²) in [5.41, 5.74) is 0.705. The first-order valence-corrected chi connectivity index (χ1v) is 8.49. The van der Waals surface area contributed by atoms with Gasteiger partial charge in [0.15, 0.2) is 0 Å². The number of carboxylic acid groups (broad SMARTS) is 1. The molecule has 1 aromatic heterocycles. The number of nitrogens with zero attached hydrogens (tertiary/aromatic N) is 4. The molecule has 1 N–H and O–H groups in total. The molecule has 27 heavy (non-hydrogen) atoms. The van der Waals surface area contributed by atoms with Crippen molar-refractivity contribution in [2.75, 3.05) is 33.9 Å². The highest BCUT2D eigenvalue weighted by Gasteiger charge is 2.38. The summed E-state index contributed by atoms with van der Waals surface area (Å²) < 4.78 is 39.2. The second-order valence-electron chi connectivity index (χ2n) is 6.53. The van der Waals surface area contributed by atoms with Crippen LogP contribution in [0.5, 0.6) is 0 Å². The molecule has 2 aliphatic rings. The summed E-state index contributed by atoms with van der Waals surface area (Å²) in [6, 6.07) is 0.599. The second kappa shape index (κ2) is 8.70. The van der Waals surface area contributed by atoms with Crippen LogP contribution in [0.4, 0.5) is 13.2 Å². The molecule has 152 valence electrons. The fourth-order valence-corrected chi connectivity index (χ4v) is 3.04. The fraction of sp³-hybridized carbons (Fsp3) is 0.688. The zero-order valence-electron chi connectivity index (χ0n) is 15.2. The summed E-state index contributed by atoms with van der Waals surface area (Å²) in [7, 11) is 3.55. The Morgan fingerprint density at radius 3 is 2.37 bits per heavy atom. The number of fused-ring (bicyclic) bond motifs is 1. The molecule has 1 aromatic rings. The molecule has 11 heteroatoms. The maximum Gasteiger partial charge on any atom is 0.490 e. The van der Waals surface area contributed by atoms with Crippen molar-refractivity contribution < 1.29 is 32.6 Å². The van der Waals surface area contributed by atoms with Gasteiger partial charge in [-0.2, -0.15) is 13.2 Å². The highest BCUT2D eigenvalue weighted by Crippen LogP contribution is 2.21. The van der Waals surface area contributed by atoms with Crippen LogP contribution in [0.25, 0.3) is 0 Å². The number of carbonyl (C=O) groups excluding carboxylic acids is 1. The lowest BCUT2D eigenvalue weighted by atomic mass is 10.1. The van der Waals surface area contributed by atoms with Crippen LogP contribution in [0.15, 0.2) is 6.20 Å². The summed E-state index contributed by atoms with van der Waals surface area (Å²) in [5, 5.41) is 7.12. The number of rotatable bonds is 2. The summed E-state index contributed by atoms with van der Waals surface area (Å²) in [4.78, 5) is 29.5. The van der Waals surface area contributed by atoms with E-state index in [2.05, 4.69) is 14.5 Å². The summed E-state index contributed by atoms with van der Waals surface area (Å²) in [5.74, 6) is -1.72. The summed E-state index contributed by atoms with van der Waals surface area (Å²) in [6.07, 6.45) is -1.17. The molecule has 0 aromatic carbocycles. The van der Waals surface area contributed by atoms with Gasteiger partial charge in [-0.1, -0.05) is 0 Å². The number of carbonyl (C=O) groups is 2. The van der Waals surface area contributed by atoms with Gasteiger partial charge in [-0.15, -0.1) is 0 Å². The molecule has 1 amide bonds. The number of aliphatic carboxylic acids is 1. The molecule has 8 nitrogen and oxygen atoms in total. The van der Waals surface area contributed by atoms with Crippen LogP contribution in [0.1, 0.15) is 29.2 Å². The van der Waals surface area contributed by atoms with Crippen molar-refractivity contribution in [3.05, 3.63) is 17.7 Å². The van der Waals surface area contributed by atoms with Crippen molar-refractivity contribution in [2.45, 2.75) is 38.1 Å². The minimum atomic E-state index is -5.08. The molecule has 3 rings (SSSR count). The van der Waals surface area contributed by atoms with E-state index in [4.69, 9.17) is 14.6 Å². The molecule has 1 fully saturated rings. The second-order valence-corrected chi connectivity index (χ2v) is 6.53. The van der Waals surface area contributed by atoms with E-state index in [0.717, 1.165) is 51.5 Å². The summed E-state index contributed by atoms with van der Waals surface area (Å²) >= 11 is 0. The first-order valence-electron chi connectivity index (χ1n) is 8.49. The quantitative estimate of drug-likeness (QED) is 0.814. The third-order valence-corrected chi connectivity index (χ3v) is 4.47. The number of hydrogen-bond donors (Lipinski definition) is 1. The zero-order valence-corrected chi connectivity index (χ0v) is 15.2. The Kier molecular flexibility index (Phi) is 6.82. The van der Waals surface area contributed by atoms with E-state index >= 15 is 0 Å². The number of amides is 1. The molecule has 0 aliphatic carbocycles. The molecule has 3 heterocycles. The Bertz CT molecular complexity index is 669. The first-order chi connectivity index (χ1) is 12.6. The fourth-order valence-electron chi connectivity index (χ4n) is 3.04. The normalized spacial score (nSPS) is 18.3. The largest absolute Gasteiger partial charge is 0.490 e. The number of carboxylic acids is 1. The number of hydrogen-bond acceptors (Lipinski definition) is 5. The van der Waals surface area contributed by atoms with Crippen LogP contribution >= 0.6 is 0 Å². The Morgan fingerprint density at radius 2 is 1.85 bits per heavy atom. The Labute approximate surface area is 154 Å². The predicted octanol–water partition coefficient (Wildman–Crippen LogP) is 1.21. The average Bonchev–Trinajstić information content (AvgIpc) is 3.04. The van der Waals surface area contributed by atoms with Gasteiger partial charge in [0, 0.05) is 46.4 Å². The molecule has 0 bridgehead atoms. The van der Waals surface area contributed by atoms with E-state index in [1.165, 1.54) is 0 Å². The van der Waals surface area contributed by atoms with Gasteiger partial charge in [-0.3, -0.25) is 9.69 Å². The van der Waals surface area contributed by atoms with E-state index in [1.807, 2.05) is 0 Å². The number of imidazole rings is 1. The lowest BCUT2D eigenvalue weighted by Crippen LogP contribution is -2.44. The molecule has 0 unspecified atom stereocenters. The van der Waals surface area contributed by atoms with E-state index in [-0.39, 0.29) is 5.91 Å². The molecular weight excluding hydrogens is 369 g/mol. The van der Waals surface area contributed by atoms with Gasteiger partial charge in [0.1, 0.15) is 11.5 Å². The van der Waals surface area contributed by atoms with Crippen LogP contribution in [-0.4, -0.2) is 82.4 Å². The smallest absolute Gasteiger partial charge is 0.475 e. The lowest BCUT2D eigenvalue weighted by molar-refractivity contribution is -0.192. The monoisotopic (exact) mass is 392 g/mol. The number of alkyl halides is 3. The summed E-state index contributed by atoms with van der Waals surface area (Å²) in [6.45, 7) is 4.40. The van der Waals surface area contributed by atoms with Gasteiger partial charge < -0.3 is 19.3 Å². The van der Waals surface area contributed by atoms with Crippen molar-refractivity contribution in [3.63, 3.8) is 0 Å². The highest BCUT2D eigenvalue weighted by atomic mass is 19.4. The van der Waals surface area contributed by atoms with Gasteiger partial charge in [0.05, 0.1) is 12.7 Å². The molecule has 2 aliphatic heterocycles. The number of aromatic nitrogens is 2. The third-order valence-electron chi connectivity index (χ3n) is 4.47. The minimum absolute atomic E-state index is 0.0308. The Balaban J connectivity index is 0.000000321. The van der Waals surface area contributed by atoms with Crippen LogP contribution in [0.3, 0.4) is 0 Å². The van der Waals surface area contributed by atoms with Crippen molar-refractivity contribution >= 4 is 11.9 Å². The first kappa shape index (κ1) is 21.2. The lowest BCUT2D eigenvalue weighted by Gasteiger charge is -2.37. The zero-order chi connectivity index (χ0) is 20.2. The third kappa shape index (κ3) is 5.42. The predicted molar refractivity (Wildman–Crippen MR) is 88.2 cm³/mol. The Hall–Kier alpha value is -2.14. The van der Waals surface area contributed by atoms with E-state index in [9.17, 15) is 18.0 Å². The van der Waals surface area contributed by atoms with E-state index in [1.54, 1.807) is 25.2 Å². The minimum Gasteiger partial charge on any atom is -0.475 e. The average molecular weight is 392 g/mol. The van der Waals surface area contributed by atoms with Crippen LogP contribution in [0.2, 0.25) is 0 Å². The molecule has 0 spiro atoms. The number of halogens is 3. The number of ether oxygens (including phenoxy) is 1. The van der Waals surface area contributed by atoms with E-state index < -0.39 is 12.1 Å². The van der Waals surface area contributed by atoms with Gasteiger partial charge in [-0.25, -0.2) is 9.78 Å². The molecule has 0 saturated carbocycles.